The van der Waals surface area contributed by atoms with Gasteiger partial charge in [-0.1, -0.05) is 12.6 Å². The highest BCUT2D eigenvalue weighted by Crippen LogP contribution is 2.21. The molecule has 1 fully saturated rings. The second-order valence-electron chi connectivity index (χ2n) is 2.58. The normalized spacial score (nSPS) is 22.7. The summed E-state index contributed by atoms with van der Waals surface area (Å²) >= 11 is 2.73. The number of thiol groups is 1. The number of rotatable bonds is 2. The molecule has 0 aliphatic carbocycles. The van der Waals surface area contributed by atoms with Gasteiger partial charge in [-0.25, -0.2) is 4.79 Å². The summed E-state index contributed by atoms with van der Waals surface area (Å²) in [5, 5.41) is -1.46. The van der Waals surface area contributed by atoms with E-state index in [0.717, 1.165) is 0 Å². The first kappa shape index (κ1) is 10.2. The summed E-state index contributed by atoms with van der Waals surface area (Å²) in [6.07, 6.45) is -0.881. The van der Waals surface area contributed by atoms with Gasteiger partial charge in [0, 0.05) is 0 Å². The van der Waals surface area contributed by atoms with Gasteiger partial charge in [0.2, 0.25) is 5.91 Å². The van der Waals surface area contributed by atoms with Gasteiger partial charge in [0.25, 0.3) is 0 Å². The van der Waals surface area contributed by atoms with E-state index >= 15 is 0 Å². The van der Waals surface area contributed by atoms with Crippen molar-refractivity contribution in [1.29, 1.82) is 0 Å². The van der Waals surface area contributed by atoms with Crippen molar-refractivity contribution in [3.05, 3.63) is 0 Å². The molecule has 0 radical (unpaired) electrons. The topological polar surface area (TPSA) is 55.4 Å². The second-order valence-corrected chi connectivity index (χ2v) is 3.14. The molecular formula is C6H7F2NO3S. The molecule has 1 rings (SSSR count). The Kier molecular flexibility index (Phi) is 2.74. The number of carbonyl (C=O) groups excluding carboxylic acids is 2. The van der Waals surface area contributed by atoms with Crippen molar-refractivity contribution in [2.75, 3.05) is 6.54 Å². The van der Waals surface area contributed by atoms with E-state index in [2.05, 4.69) is 22.7 Å². The Labute approximate surface area is 78.0 Å². The third kappa shape index (κ3) is 2.83. The average Bonchev–Trinajstić information content (AvgIpc) is 2.33. The lowest BCUT2D eigenvalue weighted by Gasteiger charge is -2.12. The number of amides is 1. The van der Waals surface area contributed by atoms with E-state index in [4.69, 9.17) is 0 Å². The first-order valence-electron chi connectivity index (χ1n) is 3.47. The molecule has 4 nitrogen and oxygen atoms in total. The van der Waals surface area contributed by atoms with Gasteiger partial charge in [-0.05, 0) is 0 Å². The number of carbonyl (C=O) groups is 2. The predicted molar refractivity (Wildman–Crippen MR) is 41.4 cm³/mol. The Morgan fingerprint density at radius 1 is 1.69 bits per heavy atom. The summed E-state index contributed by atoms with van der Waals surface area (Å²) in [5.41, 5.74) is 0. The molecule has 0 saturated carbocycles. The quantitative estimate of drug-likeness (QED) is 0.497. The van der Waals surface area contributed by atoms with Gasteiger partial charge >= 0.3 is 11.2 Å². The largest absolute Gasteiger partial charge is 0.455 e. The van der Waals surface area contributed by atoms with E-state index < -0.39 is 17.3 Å². The molecule has 13 heavy (non-hydrogen) atoms. The van der Waals surface area contributed by atoms with Crippen molar-refractivity contribution in [2.45, 2.75) is 17.8 Å². The Balaban J connectivity index is 2.42. The summed E-state index contributed by atoms with van der Waals surface area (Å²) < 4.78 is 28.6. The highest BCUT2D eigenvalue weighted by Gasteiger charge is 2.38. The maximum absolute atomic E-state index is 12.2. The van der Waals surface area contributed by atoms with E-state index in [1.54, 1.807) is 0 Å². The lowest BCUT2D eigenvalue weighted by Crippen LogP contribution is -2.30. The van der Waals surface area contributed by atoms with E-state index in [-0.39, 0.29) is 18.9 Å². The van der Waals surface area contributed by atoms with Crippen LogP contribution in [0.4, 0.5) is 8.78 Å². The number of halogens is 2. The minimum absolute atomic E-state index is 0.0738. The molecule has 1 aliphatic heterocycles. The van der Waals surface area contributed by atoms with E-state index in [0.29, 0.717) is 0 Å². The Morgan fingerprint density at radius 2 is 2.31 bits per heavy atom. The monoisotopic (exact) mass is 211 g/mol. The van der Waals surface area contributed by atoms with Gasteiger partial charge < -0.3 is 10.1 Å². The summed E-state index contributed by atoms with van der Waals surface area (Å²) in [6.45, 7) is 0.0778. The SMILES string of the molecule is O=C1CC(OC(=O)C(F)(F)S)CN1. The van der Waals surface area contributed by atoms with Crippen LogP contribution < -0.4 is 5.32 Å². The first-order valence-corrected chi connectivity index (χ1v) is 3.92. The van der Waals surface area contributed by atoms with Crippen molar-refractivity contribution in [3.63, 3.8) is 0 Å². The molecule has 0 spiro atoms. The van der Waals surface area contributed by atoms with Crippen LogP contribution in [-0.2, 0) is 14.3 Å². The fourth-order valence-corrected chi connectivity index (χ4v) is 0.937. The number of esters is 1. The molecule has 0 aromatic carbocycles. The standard InChI is InChI=1S/C6H7F2NO3S/c7-6(8,13)5(11)12-3-1-4(10)9-2-3/h3,13H,1-2H2,(H,9,10). The molecule has 1 saturated heterocycles. The Hall–Kier alpha value is -0.850. The lowest BCUT2D eigenvalue weighted by atomic mass is 10.3. The zero-order valence-corrected chi connectivity index (χ0v) is 7.31. The number of hydrogen-bond acceptors (Lipinski definition) is 4. The molecule has 1 amide bonds. The van der Waals surface area contributed by atoms with Crippen LogP contribution in [0.25, 0.3) is 0 Å². The zero-order valence-electron chi connectivity index (χ0n) is 6.42. The Morgan fingerprint density at radius 3 is 2.69 bits per heavy atom. The van der Waals surface area contributed by atoms with E-state index in [1.165, 1.54) is 0 Å². The Bertz CT molecular complexity index is 241. The van der Waals surface area contributed by atoms with Crippen LogP contribution >= 0.6 is 12.6 Å². The molecule has 1 unspecified atom stereocenters. The van der Waals surface area contributed by atoms with Crippen LogP contribution in [0.15, 0.2) is 0 Å². The van der Waals surface area contributed by atoms with Gasteiger partial charge in [-0.2, -0.15) is 8.78 Å². The third-order valence-corrected chi connectivity index (χ3v) is 1.64. The summed E-state index contributed by atoms with van der Waals surface area (Å²) in [7, 11) is 0. The molecular weight excluding hydrogens is 204 g/mol. The first-order chi connectivity index (χ1) is 5.89. The van der Waals surface area contributed by atoms with Crippen LogP contribution in [0.2, 0.25) is 0 Å². The van der Waals surface area contributed by atoms with E-state index in [1.807, 2.05) is 0 Å². The molecule has 1 heterocycles. The van der Waals surface area contributed by atoms with Gasteiger partial charge in [0.1, 0.15) is 6.10 Å². The van der Waals surface area contributed by atoms with Crippen LogP contribution in [0.5, 0.6) is 0 Å². The van der Waals surface area contributed by atoms with Gasteiger partial charge in [0.05, 0.1) is 13.0 Å². The van der Waals surface area contributed by atoms with Gasteiger partial charge in [-0.3, -0.25) is 4.79 Å². The smallest absolute Gasteiger partial charge is 0.388 e. The molecule has 1 aliphatic rings. The van der Waals surface area contributed by atoms with Crippen molar-refractivity contribution in [2.24, 2.45) is 0 Å². The van der Waals surface area contributed by atoms with Crippen molar-refractivity contribution >= 4 is 24.5 Å². The lowest BCUT2D eigenvalue weighted by molar-refractivity contribution is -0.164. The highest BCUT2D eigenvalue weighted by atomic mass is 32.1. The minimum Gasteiger partial charge on any atom is -0.455 e. The van der Waals surface area contributed by atoms with Crippen molar-refractivity contribution in [3.8, 4) is 0 Å². The third-order valence-electron chi connectivity index (χ3n) is 1.46. The maximum Gasteiger partial charge on any atom is 0.388 e. The number of nitrogens with one attached hydrogen (secondary N) is 1. The molecule has 1 N–H and O–H groups in total. The highest BCUT2D eigenvalue weighted by molar-refractivity contribution is 7.82. The number of hydrogen-bond donors (Lipinski definition) is 2. The van der Waals surface area contributed by atoms with Crippen LogP contribution in [-0.4, -0.2) is 29.8 Å². The van der Waals surface area contributed by atoms with Crippen LogP contribution in [0, 0.1) is 0 Å². The van der Waals surface area contributed by atoms with Crippen molar-refractivity contribution in [1.82, 2.24) is 5.32 Å². The van der Waals surface area contributed by atoms with Crippen LogP contribution in [0.1, 0.15) is 6.42 Å². The fraction of sp³-hybridized carbons (Fsp3) is 0.667. The molecule has 0 aromatic heterocycles. The van der Waals surface area contributed by atoms with E-state index in [9.17, 15) is 18.4 Å². The average molecular weight is 211 g/mol. The molecule has 0 bridgehead atoms. The van der Waals surface area contributed by atoms with Crippen LogP contribution in [0.3, 0.4) is 0 Å². The fourth-order valence-electron chi connectivity index (χ4n) is 0.884. The van der Waals surface area contributed by atoms with Gasteiger partial charge in [-0.15, -0.1) is 0 Å². The molecule has 0 aromatic rings. The van der Waals surface area contributed by atoms with Crippen molar-refractivity contribution < 1.29 is 23.1 Å². The predicted octanol–water partition coefficient (Wildman–Crippen LogP) is -0.0593. The number of alkyl halides is 2. The zero-order chi connectivity index (χ0) is 10.1. The van der Waals surface area contributed by atoms with Gasteiger partial charge in [0.15, 0.2) is 0 Å². The molecule has 7 heteroatoms. The second kappa shape index (κ2) is 3.49. The molecule has 74 valence electrons. The summed E-state index contributed by atoms with van der Waals surface area (Å²) in [5.74, 6) is -2.04. The molecule has 1 atom stereocenters. The summed E-state index contributed by atoms with van der Waals surface area (Å²) in [4.78, 5) is 21.1. The summed E-state index contributed by atoms with van der Waals surface area (Å²) in [6, 6.07) is 0. The minimum atomic E-state index is -3.80. The number of ether oxygens (including phenoxy) is 1. The maximum atomic E-state index is 12.2.